The van der Waals surface area contributed by atoms with Crippen molar-refractivity contribution >= 4 is 0 Å². The lowest BCUT2D eigenvalue weighted by Gasteiger charge is -2.31. The molecule has 0 radical (unpaired) electrons. The molecule has 0 aliphatic carbocycles. The summed E-state index contributed by atoms with van der Waals surface area (Å²) < 4.78 is 30.5. The number of halogens is 2. The zero-order valence-corrected chi connectivity index (χ0v) is 15.8. The Hall–Kier alpha value is -2.46. The van der Waals surface area contributed by atoms with Crippen LogP contribution >= 0.6 is 0 Å². The molecule has 0 spiro atoms. The van der Waals surface area contributed by atoms with Gasteiger partial charge in [-0.15, -0.1) is 0 Å². The molecule has 4 rings (SSSR count). The first-order valence-corrected chi connectivity index (χ1v) is 9.43. The van der Waals surface area contributed by atoms with Gasteiger partial charge in [0.05, 0.1) is 6.04 Å². The second kappa shape index (κ2) is 7.28. The Morgan fingerprint density at radius 3 is 2.67 bits per heavy atom. The Kier molecular flexibility index (Phi) is 4.83. The maximum Gasteiger partial charge on any atom is 0.131 e. The van der Waals surface area contributed by atoms with Gasteiger partial charge in [0.25, 0.3) is 0 Å². The standard InChI is InChI=1S/C23H24F2N2/c1-16-6-7-17(2)18(13-16)15-27-12-4-11-26-10-3-5-22(26)23(27)20-9-8-19(24)14-21(20)25/h3,5-10,13-14,23H,4,11-12,15H2,1-2H3. The van der Waals surface area contributed by atoms with E-state index in [1.807, 2.05) is 12.3 Å². The smallest absolute Gasteiger partial charge is 0.131 e. The van der Waals surface area contributed by atoms with Gasteiger partial charge in [-0.1, -0.05) is 29.8 Å². The fourth-order valence-electron chi connectivity index (χ4n) is 4.08. The average molecular weight is 366 g/mol. The molecule has 0 fully saturated rings. The van der Waals surface area contributed by atoms with Crippen LogP contribution < -0.4 is 0 Å². The third-order valence-electron chi connectivity index (χ3n) is 5.49. The van der Waals surface area contributed by atoms with E-state index >= 15 is 0 Å². The van der Waals surface area contributed by atoms with Crippen molar-refractivity contribution in [2.24, 2.45) is 0 Å². The van der Waals surface area contributed by atoms with Crippen LogP contribution in [0.5, 0.6) is 0 Å². The molecular weight excluding hydrogens is 342 g/mol. The molecule has 0 bridgehead atoms. The van der Waals surface area contributed by atoms with E-state index in [-0.39, 0.29) is 6.04 Å². The van der Waals surface area contributed by atoms with Crippen LogP contribution in [0.4, 0.5) is 8.78 Å². The largest absolute Gasteiger partial charge is 0.350 e. The number of aromatic nitrogens is 1. The van der Waals surface area contributed by atoms with Gasteiger partial charge in [-0.3, -0.25) is 4.90 Å². The van der Waals surface area contributed by atoms with E-state index in [2.05, 4.69) is 47.6 Å². The monoisotopic (exact) mass is 366 g/mol. The fourth-order valence-corrected chi connectivity index (χ4v) is 4.08. The summed E-state index contributed by atoms with van der Waals surface area (Å²) in [5.74, 6) is -1.03. The molecule has 0 amide bonds. The minimum atomic E-state index is -0.540. The Bertz CT molecular complexity index is 961. The Labute approximate surface area is 159 Å². The molecule has 1 aliphatic heterocycles. The first kappa shape index (κ1) is 17.9. The molecule has 1 aliphatic rings. The maximum atomic E-state index is 14.7. The molecule has 4 heteroatoms. The molecule has 3 aromatic rings. The van der Waals surface area contributed by atoms with E-state index in [4.69, 9.17) is 0 Å². The summed E-state index contributed by atoms with van der Waals surface area (Å²) in [6, 6.07) is 14.2. The van der Waals surface area contributed by atoms with Gasteiger partial charge in [-0.05, 0) is 49.6 Å². The third kappa shape index (κ3) is 3.54. The number of rotatable bonds is 3. The number of hydrogen-bond donors (Lipinski definition) is 0. The highest BCUT2D eigenvalue weighted by Gasteiger charge is 2.29. The fraction of sp³-hybridized carbons (Fsp3) is 0.304. The molecule has 140 valence electrons. The summed E-state index contributed by atoms with van der Waals surface area (Å²) in [7, 11) is 0. The number of fused-ring (bicyclic) bond motifs is 1. The van der Waals surface area contributed by atoms with E-state index in [1.165, 1.54) is 22.8 Å². The molecule has 1 aromatic heterocycles. The first-order valence-electron chi connectivity index (χ1n) is 9.43. The van der Waals surface area contributed by atoms with Crippen molar-refractivity contribution in [3.05, 3.63) is 94.3 Å². The number of aryl methyl sites for hydroxylation is 3. The van der Waals surface area contributed by atoms with Crippen LogP contribution in [-0.4, -0.2) is 16.0 Å². The van der Waals surface area contributed by atoms with Crippen LogP contribution in [0.15, 0.2) is 54.7 Å². The van der Waals surface area contributed by atoms with Crippen LogP contribution in [0.3, 0.4) is 0 Å². The number of hydrogen-bond acceptors (Lipinski definition) is 1. The Morgan fingerprint density at radius 2 is 1.85 bits per heavy atom. The summed E-state index contributed by atoms with van der Waals surface area (Å²) in [5.41, 5.74) is 5.30. The minimum Gasteiger partial charge on any atom is -0.350 e. The zero-order valence-electron chi connectivity index (χ0n) is 15.8. The SMILES string of the molecule is Cc1ccc(C)c(CN2CCCn3cccc3C2c2ccc(F)cc2F)c1. The summed E-state index contributed by atoms with van der Waals surface area (Å²) in [6.07, 6.45) is 3.04. The summed E-state index contributed by atoms with van der Waals surface area (Å²) in [4.78, 5) is 2.32. The Morgan fingerprint density at radius 1 is 1.00 bits per heavy atom. The normalized spacial score (nSPS) is 17.6. The van der Waals surface area contributed by atoms with E-state index in [0.29, 0.717) is 5.56 Å². The average Bonchev–Trinajstić information content (AvgIpc) is 3.01. The predicted octanol–water partition coefficient (Wildman–Crippen LogP) is 5.38. The van der Waals surface area contributed by atoms with Crippen molar-refractivity contribution in [3.63, 3.8) is 0 Å². The van der Waals surface area contributed by atoms with Crippen LogP contribution in [-0.2, 0) is 13.1 Å². The highest BCUT2D eigenvalue weighted by atomic mass is 19.1. The Balaban J connectivity index is 1.79. The van der Waals surface area contributed by atoms with E-state index in [1.54, 1.807) is 6.07 Å². The van der Waals surface area contributed by atoms with Crippen LogP contribution in [0, 0.1) is 25.5 Å². The quantitative estimate of drug-likeness (QED) is 0.604. The van der Waals surface area contributed by atoms with Gasteiger partial charge in [0, 0.05) is 43.2 Å². The highest BCUT2D eigenvalue weighted by molar-refractivity contribution is 5.34. The molecule has 0 saturated heterocycles. The minimum absolute atomic E-state index is 0.233. The van der Waals surface area contributed by atoms with Crippen LogP contribution in [0.2, 0.25) is 0 Å². The van der Waals surface area contributed by atoms with Crippen molar-refractivity contribution in [2.45, 2.75) is 39.4 Å². The summed E-state index contributed by atoms with van der Waals surface area (Å²) >= 11 is 0. The summed E-state index contributed by atoms with van der Waals surface area (Å²) in [6.45, 7) is 6.71. The van der Waals surface area contributed by atoms with Crippen LogP contribution in [0.25, 0.3) is 0 Å². The number of nitrogens with zero attached hydrogens (tertiary/aromatic N) is 2. The van der Waals surface area contributed by atoms with Gasteiger partial charge < -0.3 is 4.57 Å². The molecular formula is C23H24F2N2. The molecule has 2 nitrogen and oxygen atoms in total. The lowest BCUT2D eigenvalue weighted by molar-refractivity contribution is 0.216. The predicted molar refractivity (Wildman–Crippen MR) is 104 cm³/mol. The molecule has 2 heterocycles. The van der Waals surface area contributed by atoms with Gasteiger partial charge in [-0.25, -0.2) is 8.78 Å². The topological polar surface area (TPSA) is 8.17 Å². The van der Waals surface area contributed by atoms with Crippen molar-refractivity contribution in [1.82, 2.24) is 9.47 Å². The second-order valence-electron chi connectivity index (χ2n) is 7.45. The van der Waals surface area contributed by atoms with Gasteiger partial charge >= 0.3 is 0 Å². The zero-order chi connectivity index (χ0) is 19.0. The van der Waals surface area contributed by atoms with Crippen LogP contribution in [0.1, 0.15) is 40.4 Å². The number of benzene rings is 2. The lowest BCUT2D eigenvalue weighted by atomic mass is 9.99. The second-order valence-corrected chi connectivity index (χ2v) is 7.45. The molecule has 1 atom stereocenters. The van der Waals surface area contributed by atoms with Gasteiger partial charge in [0.1, 0.15) is 11.6 Å². The third-order valence-corrected chi connectivity index (χ3v) is 5.49. The summed E-state index contributed by atoms with van der Waals surface area (Å²) in [5, 5.41) is 0. The molecule has 1 unspecified atom stereocenters. The van der Waals surface area contributed by atoms with Crippen molar-refractivity contribution < 1.29 is 8.78 Å². The van der Waals surface area contributed by atoms with Gasteiger partial charge in [0.2, 0.25) is 0 Å². The van der Waals surface area contributed by atoms with Crippen molar-refractivity contribution in [1.29, 1.82) is 0 Å². The van der Waals surface area contributed by atoms with E-state index < -0.39 is 11.6 Å². The van der Waals surface area contributed by atoms with E-state index in [9.17, 15) is 8.78 Å². The van der Waals surface area contributed by atoms with Crippen molar-refractivity contribution in [3.8, 4) is 0 Å². The molecule has 0 N–H and O–H groups in total. The maximum absolute atomic E-state index is 14.7. The van der Waals surface area contributed by atoms with Gasteiger partial charge in [0.15, 0.2) is 0 Å². The lowest BCUT2D eigenvalue weighted by Crippen LogP contribution is -2.30. The van der Waals surface area contributed by atoms with E-state index in [0.717, 1.165) is 37.8 Å². The molecule has 27 heavy (non-hydrogen) atoms. The highest BCUT2D eigenvalue weighted by Crippen LogP contribution is 2.35. The van der Waals surface area contributed by atoms with Gasteiger partial charge in [-0.2, -0.15) is 0 Å². The molecule has 0 saturated carbocycles. The van der Waals surface area contributed by atoms with Crippen molar-refractivity contribution in [2.75, 3.05) is 6.54 Å². The first-order chi connectivity index (χ1) is 13.0. The molecule has 2 aromatic carbocycles.